The maximum atomic E-state index is 13.2. The van der Waals surface area contributed by atoms with Crippen LogP contribution in [0.2, 0.25) is 0 Å². The van der Waals surface area contributed by atoms with Crippen molar-refractivity contribution in [1.82, 2.24) is 9.88 Å². The van der Waals surface area contributed by atoms with Crippen LogP contribution >= 0.6 is 0 Å². The third-order valence-corrected chi connectivity index (χ3v) is 6.33. The van der Waals surface area contributed by atoms with Gasteiger partial charge in [0.15, 0.2) is 0 Å². The molecule has 27 heavy (non-hydrogen) atoms. The number of fused-ring (bicyclic) bond motifs is 1. The van der Waals surface area contributed by atoms with Gasteiger partial charge in [0.25, 0.3) is 0 Å². The molecule has 5 rings (SSSR count). The normalized spacial score (nSPS) is 19.4. The molecule has 1 saturated carbocycles. The molecule has 0 bridgehead atoms. The number of carbonyl (C=O) groups excluding carboxylic acids is 1. The molecule has 1 aliphatic carbocycles. The van der Waals surface area contributed by atoms with Crippen molar-refractivity contribution >= 4 is 16.8 Å². The first-order valence-corrected chi connectivity index (χ1v) is 9.79. The molecule has 0 spiro atoms. The molecule has 2 heterocycles. The molecule has 1 saturated heterocycles. The Balaban J connectivity index is 1.29. The number of amides is 1. The summed E-state index contributed by atoms with van der Waals surface area (Å²) < 4.78 is 13.2. The van der Waals surface area contributed by atoms with Crippen molar-refractivity contribution in [3.63, 3.8) is 0 Å². The Bertz CT molecular complexity index is 946. The maximum Gasteiger partial charge on any atom is 0.233 e. The molecule has 1 amide bonds. The van der Waals surface area contributed by atoms with Gasteiger partial charge in [-0.1, -0.05) is 30.3 Å². The second kappa shape index (κ2) is 6.22. The summed E-state index contributed by atoms with van der Waals surface area (Å²) in [7, 11) is 0. The lowest BCUT2D eigenvalue weighted by Crippen LogP contribution is -2.43. The lowest BCUT2D eigenvalue weighted by molar-refractivity contribution is -0.135. The molecule has 1 N–H and O–H groups in total. The Morgan fingerprint density at radius 2 is 1.74 bits per heavy atom. The van der Waals surface area contributed by atoms with Crippen molar-refractivity contribution < 1.29 is 9.18 Å². The van der Waals surface area contributed by atoms with Crippen molar-refractivity contribution in [1.29, 1.82) is 0 Å². The molecule has 3 aromatic rings. The topological polar surface area (TPSA) is 36.1 Å². The van der Waals surface area contributed by atoms with Gasteiger partial charge in [0, 0.05) is 30.2 Å². The van der Waals surface area contributed by atoms with E-state index in [-0.39, 0.29) is 11.7 Å². The summed E-state index contributed by atoms with van der Waals surface area (Å²) in [5.41, 5.74) is 3.02. The average molecular weight is 362 g/mol. The van der Waals surface area contributed by atoms with Crippen LogP contribution in [-0.2, 0) is 10.2 Å². The van der Waals surface area contributed by atoms with E-state index in [2.05, 4.69) is 35.3 Å². The highest BCUT2D eigenvalue weighted by molar-refractivity contribution is 5.91. The number of hydrogen-bond donors (Lipinski definition) is 1. The van der Waals surface area contributed by atoms with E-state index in [1.54, 1.807) is 12.1 Å². The van der Waals surface area contributed by atoms with Gasteiger partial charge in [-0.3, -0.25) is 4.79 Å². The largest absolute Gasteiger partial charge is 0.358 e. The van der Waals surface area contributed by atoms with Crippen LogP contribution in [0.1, 0.15) is 42.9 Å². The average Bonchev–Trinajstić information content (AvgIpc) is 3.40. The Labute approximate surface area is 158 Å². The van der Waals surface area contributed by atoms with E-state index in [0.717, 1.165) is 44.3 Å². The molecule has 0 unspecified atom stereocenters. The van der Waals surface area contributed by atoms with Crippen molar-refractivity contribution in [3.05, 3.63) is 71.7 Å². The lowest BCUT2D eigenvalue weighted by atomic mass is 9.90. The fraction of sp³-hybridized carbons (Fsp3) is 0.348. The van der Waals surface area contributed by atoms with Gasteiger partial charge >= 0.3 is 0 Å². The second-order valence-electron chi connectivity index (χ2n) is 7.97. The van der Waals surface area contributed by atoms with Crippen molar-refractivity contribution in [2.24, 2.45) is 0 Å². The number of aromatic amines is 1. The van der Waals surface area contributed by atoms with Crippen LogP contribution in [0, 0.1) is 5.82 Å². The predicted octanol–water partition coefficient (Wildman–Crippen LogP) is 4.74. The fourth-order valence-corrected chi connectivity index (χ4v) is 4.53. The fourth-order valence-electron chi connectivity index (χ4n) is 4.53. The van der Waals surface area contributed by atoms with E-state index < -0.39 is 5.41 Å². The number of carbonyl (C=O) groups is 1. The highest BCUT2D eigenvalue weighted by Gasteiger charge is 2.53. The number of benzene rings is 2. The zero-order chi connectivity index (χ0) is 18.4. The molecular weight excluding hydrogens is 339 g/mol. The SMILES string of the molecule is O=C(N1CCC(c2cc3ccccc3[nH]2)CC1)C1(c2ccc(F)cc2)CC1. The molecule has 138 valence electrons. The van der Waals surface area contributed by atoms with E-state index >= 15 is 0 Å². The number of hydrogen-bond acceptors (Lipinski definition) is 1. The first-order valence-electron chi connectivity index (χ1n) is 9.79. The number of H-pyrrole nitrogens is 1. The second-order valence-corrected chi connectivity index (χ2v) is 7.97. The van der Waals surface area contributed by atoms with Crippen LogP contribution in [0.25, 0.3) is 10.9 Å². The van der Waals surface area contributed by atoms with Crippen LogP contribution in [0.4, 0.5) is 4.39 Å². The third kappa shape index (κ3) is 2.84. The van der Waals surface area contributed by atoms with E-state index in [0.29, 0.717) is 5.92 Å². The van der Waals surface area contributed by atoms with Crippen molar-refractivity contribution in [3.8, 4) is 0 Å². The number of halogens is 1. The Morgan fingerprint density at radius 3 is 2.41 bits per heavy atom. The number of nitrogens with one attached hydrogen (secondary N) is 1. The minimum atomic E-state index is -0.401. The molecule has 0 atom stereocenters. The summed E-state index contributed by atoms with van der Waals surface area (Å²) in [5, 5.41) is 1.25. The van der Waals surface area contributed by atoms with Gasteiger partial charge in [-0.15, -0.1) is 0 Å². The highest BCUT2D eigenvalue weighted by atomic mass is 19.1. The Morgan fingerprint density at radius 1 is 1.04 bits per heavy atom. The molecule has 3 nitrogen and oxygen atoms in total. The predicted molar refractivity (Wildman–Crippen MR) is 104 cm³/mol. The zero-order valence-electron chi connectivity index (χ0n) is 15.2. The summed E-state index contributed by atoms with van der Waals surface area (Å²) in [6.07, 6.45) is 3.72. The van der Waals surface area contributed by atoms with Gasteiger partial charge in [0.1, 0.15) is 5.82 Å². The smallest absolute Gasteiger partial charge is 0.233 e. The first-order chi connectivity index (χ1) is 13.2. The van der Waals surface area contributed by atoms with E-state index in [1.807, 2.05) is 4.90 Å². The number of aromatic nitrogens is 1. The summed E-state index contributed by atoms with van der Waals surface area (Å²) in [6.45, 7) is 1.59. The van der Waals surface area contributed by atoms with Crippen molar-refractivity contribution in [2.75, 3.05) is 13.1 Å². The van der Waals surface area contributed by atoms with Gasteiger partial charge in [-0.2, -0.15) is 0 Å². The Kier molecular flexibility index (Phi) is 3.81. The first kappa shape index (κ1) is 16.5. The Hall–Kier alpha value is -2.62. The number of para-hydroxylation sites is 1. The number of nitrogens with zero attached hydrogens (tertiary/aromatic N) is 1. The molecule has 4 heteroatoms. The van der Waals surface area contributed by atoms with Gasteiger partial charge < -0.3 is 9.88 Å². The highest BCUT2D eigenvalue weighted by Crippen LogP contribution is 2.50. The maximum absolute atomic E-state index is 13.2. The van der Waals surface area contributed by atoms with Gasteiger partial charge in [-0.05, 0) is 60.9 Å². The molecule has 2 aromatic carbocycles. The van der Waals surface area contributed by atoms with E-state index in [1.165, 1.54) is 28.7 Å². The standard InChI is InChI=1S/C23H23FN2O/c24-19-7-5-18(6-8-19)23(11-12-23)22(27)26-13-9-16(10-14-26)21-15-17-3-1-2-4-20(17)25-21/h1-8,15-16,25H,9-14H2. The van der Waals surface area contributed by atoms with E-state index in [4.69, 9.17) is 0 Å². The summed E-state index contributed by atoms with van der Waals surface area (Å²) in [4.78, 5) is 18.7. The zero-order valence-corrected chi connectivity index (χ0v) is 15.2. The number of likely N-dealkylation sites (tertiary alicyclic amines) is 1. The lowest BCUT2D eigenvalue weighted by Gasteiger charge is -2.34. The molecule has 0 radical (unpaired) electrons. The van der Waals surface area contributed by atoms with Gasteiger partial charge in [-0.25, -0.2) is 4.39 Å². The quantitative estimate of drug-likeness (QED) is 0.717. The van der Waals surface area contributed by atoms with Crippen LogP contribution < -0.4 is 0 Å². The molecule has 1 aliphatic heterocycles. The third-order valence-electron chi connectivity index (χ3n) is 6.33. The summed E-state index contributed by atoms with van der Waals surface area (Å²) >= 11 is 0. The molecular formula is C23H23FN2O. The monoisotopic (exact) mass is 362 g/mol. The molecule has 2 aliphatic rings. The minimum absolute atomic E-state index is 0.226. The summed E-state index contributed by atoms with van der Waals surface area (Å²) in [6, 6.07) is 17.1. The molecule has 2 fully saturated rings. The van der Waals surface area contributed by atoms with Crippen molar-refractivity contribution in [2.45, 2.75) is 37.0 Å². The van der Waals surface area contributed by atoms with Crippen LogP contribution in [0.5, 0.6) is 0 Å². The summed E-state index contributed by atoms with van der Waals surface area (Å²) in [5.74, 6) is 0.452. The number of rotatable bonds is 3. The minimum Gasteiger partial charge on any atom is -0.358 e. The van der Waals surface area contributed by atoms with Crippen LogP contribution in [0.15, 0.2) is 54.6 Å². The van der Waals surface area contributed by atoms with Gasteiger partial charge in [0.2, 0.25) is 5.91 Å². The van der Waals surface area contributed by atoms with Gasteiger partial charge in [0.05, 0.1) is 5.41 Å². The van der Waals surface area contributed by atoms with Crippen LogP contribution in [-0.4, -0.2) is 28.9 Å². The molecule has 1 aromatic heterocycles. The number of piperidine rings is 1. The van der Waals surface area contributed by atoms with Crippen LogP contribution in [0.3, 0.4) is 0 Å². The van der Waals surface area contributed by atoms with E-state index in [9.17, 15) is 9.18 Å².